The Labute approximate surface area is 168 Å². The number of carbonyl (C=O) groups excluding carboxylic acids is 1. The highest BCUT2D eigenvalue weighted by atomic mass is 16.1. The van der Waals surface area contributed by atoms with E-state index in [0.717, 1.165) is 54.4 Å². The largest absolute Gasteiger partial charge is 0.315 e. The van der Waals surface area contributed by atoms with Crippen LogP contribution in [0.25, 0.3) is 16.9 Å². The van der Waals surface area contributed by atoms with Crippen molar-refractivity contribution in [1.29, 1.82) is 0 Å². The second-order valence-corrected chi connectivity index (χ2v) is 7.20. The van der Waals surface area contributed by atoms with E-state index >= 15 is 0 Å². The number of nitrogens with zero attached hydrogens (tertiary/aromatic N) is 4. The third kappa shape index (κ3) is 3.45. The highest BCUT2D eigenvalue weighted by molar-refractivity contribution is 6.04. The molecule has 0 bridgehead atoms. The molecule has 0 radical (unpaired) electrons. The molecule has 144 valence electrons. The molecule has 6 nitrogen and oxygen atoms in total. The van der Waals surface area contributed by atoms with E-state index in [0.29, 0.717) is 5.56 Å². The highest BCUT2D eigenvalue weighted by Gasteiger charge is 2.16. The maximum absolute atomic E-state index is 12.7. The van der Waals surface area contributed by atoms with Crippen molar-refractivity contribution in [3.8, 4) is 16.9 Å². The summed E-state index contributed by atoms with van der Waals surface area (Å²) < 4.78 is 4.09. The van der Waals surface area contributed by atoms with Crippen LogP contribution in [0.5, 0.6) is 0 Å². The van der Waals surface area contributed by atoms with Gasteiger partial charge >= 0.3 is 0 Å². The number of aromatic nitrogens is 4. The van der Waals surface area contributed by atoms with Gasteiger partial charge in [0.2, 0.25) is 0 Å². The van der Waals surface area contributed by atoms with Gasteiger partial charge in [-0.3, -0.25) is 4.79 Å². The van der Waals surface area contributed by atoms with Crippen LogP contribution in [-0.4, -0.2) is 25.0 Å². The molecule has 1 amide bonds. The van der Waals surface area contributed by atoms with Crippen LogP contribution in [0.3, 0.4) is 0 Å². The van der Waals surface area contributed by atoms with E-state index in [9.17, 15) is 4.79 Å². The van der Waals surface area contributed by atoms with Crippen LogP contribution in [-0.2, 0) is 13.0 Å². The summed E-state index contributed by atoms with van der Waals surface area (Å²) in [4.78, 5) is 21.6. The van der Waals surface area contributed by atoms with E-state index in [1.54, 1.807) is 12.5 Å². The van der Waals surface area contributed by atoms with Crippen LogP contribution >= 0.6 is 0 Å². The van der Waals surface area contributed by atoms with Gasteiger partial charge in [-0.1, -0.05) is 30.3 Å². The maximum atomic E-state index is 12.7. The summed E-state index contributed by atoms with van der Waals surface area (Å²) in [5, 5.41) is 2.99. The number of benzene rings is 2. The van der Waals surface area contributed by atoms with E-state index < -0.39 is 0 Å². The van der Waals surface area contributed by atoms with Gasteiger partial charge in [0.25, 0.3) is 5.91 Å². The Kier molecular flexibility index (Phi) is 4.44. The Morgan fingerprint density at radius 2 is 1.79 bits per heavy atom. The minimum absolute atomic E-state index is 0.125. The molecule has 0 atom stereocenters. The molecule has 0 spiro atoms. The quantitative estimate of drug-likeness (QED) is 0.571. The summed E-state index contributed by atoms with van der Waals surface area (Å²) in [6.07, 6.45) is 8.79. The van der Waals surface area contributed by atoms with Crippen molar-refractivity contribution in [1.82, 2.24) is 19.1 Å². The van der Waals surface area contributed by atoms with Crippen LogP contribution in [0.15, 0.2) is 73.3 Å². The number of rotatable bonds is 4. The van der Waals surface area contributed by atoms with Gasteiger partial charge in [-0.25, -0.2) is 9.97 Å². The van der Waals surface area contributed by atoms with Crippen LogP contribution < -0.4 is 5.32 Å². The van der Waals surface area contributed by atoms with Crippen LogP contribution in [0.4, 0.5) is 5.82 Å². The molecule has 5 rings (SSSR count). The van der Waals surface area contributed by atoms with Gasteiger partial charge in [-0.05, 0) is 37.1 Å². The van der Waals surface area contributed by atoms with E-state index in [1.165, 1.54) is 0 Å². The lowest BCUT2D eigenvalue weighted by molar-refractivity contribution is 0.102. The van der Waals surface area contributed by atoms with E-state index in [2.05, 4.69) is 19.9 Å². The molecule has 2 aromatic heterocycles. The molecule has 2 aromatic carbocycles. The zero-order valence-corrected chi connectivity index (χ0v) is 16.0. The molecule has 0 fully saturated rings. The highest BCUT2D eigenvalue weighted by Crippen LogP contribution is 2.22. The van der Waals surface area contributed by atoms with Crippen molar-refractivity contribution >= 4 is 11.7 Å². The fourth-order valence-electron chi connectivity index (χ4n) is 3.71. The molecule has 1 aliphatic heterocycles. The summed E-state index contributed by atoms with van der Waals surface area (Å²) in [5.41, 5.74) is 3.51. The predicted octanol–water partition coefficient (Wildman–Crippen LogP) is 4.32. The Bertz CT molecular complexity index is 1140. The van der Waals surface area contributed by atoms with Gasteiger partial charge < -0.3 is 14.5 Å². The van der Waals surface area contributed by atoms with Crippen molar-refractivity contribution in [2.24, 2.45) is 0 Å². The Morgan fingerprint density at radius 1 is 0.966 bits per heavy atom. The molecule has 29 heavy (non-hydrogen) atoms. The van der Waals surface area contributed by atoms with Gasteiger partial charge in [-0.2, -0.15) is 0 Å². The van der Waals surface area contributed by atoms with Crippen molar-refractivity contribution in [3.63, 3.8) is 0 Å². The van der Waals surface area contributed by atoms with Gasteiger partial charge in [0.1, 0.15) is 11.6 Å². The Morgan fingerprint density at radius 3 is 2.62 bits per heavy atom. The number of fused-ring (bicyclic) bond motifs is 1. The predicted molar refractivity (Wildman–Crippen MR) is 112 cm³/mol. The Hall–Kier alpha value is -3.67. The SMILES string of the molecule is O=C(Nc1cnc2n1CCCC2)c1ccc(-c2cn(-c3ccccc3)cn2)cc1. The summed E-state index contributed by atoms with van der Waals surface area (Å²) in [6, 6.07) is 17.6. The molecule has 1 aliphatic rings. The minimum Gasteiger partial charge on any atom is -0.315 e. The lowest BCUT2D eigenvalue weighted by Crippen LogP contribution is -2.18. The van der Waals surface area contributed by atoms with E-state index in [4.69, 9.17) is 0 Å². The van der Waals surface area contributed by atoms with Crippen molar-refractivity contribution < 1.29 is 4.79 Å². The number of hydrogen-bond acceptors (Lipinski definition) is 3. The van der Waals surface area contributed by atoms with E-state index in [1.807, 2.05) is 65.4 Å². The van der Waals surface area contributed by atoms with Gasteiger partial charge in [0.15, 0.2) is 0 Å². The van der Waals surface area contributed by atoms with Crippen molar-refractivity contribution in [3.05, 3.63) is 84.7 Å². The standard InChI is InChI=1S/C23H21N5O/c29-23(26-22-14-24-21-8-4-5-13-28(21)22)18-11-9-17(10-12-18)20-15-27(16-25-20)19-6-2-1-3-7-19/h1-3,6-7,9-12,14-16H,4-5,8,13H2,(H,26,29). The van der Waals surface area contributed by atoms with Gasteiger partial charge in [0, 0.05) is 36.0 Å². The second kappa shape index (κ2) is 7.39. The first kappa shape index (κ1) is 17.4. The zero-order valence-electron chi connectivity index (χ0n) is 16.0. The third-order valence-electron chi connectivity index (χ3n) is 5.29. The smallest absolute Gasteiger partial charge is 0.256 e. The topological polar surface area (TPSA) is 64.7 Å². The second-order valence-electron chi connectivity index (χ2n) is 7.20. The summed E-state index contributed by atoms with van der Waals surface area (Å²) >= 11 is 0. The Balaban J connectivity index is 1.32. The van der Waals surface area contributed by atoms with Gasteiger partial charge in [-0.15, -0.1) is 0 Å². The summed E-state index contributed by atoms with van der Waals surface area (Å²) in [5.74, 6) is 1.70. The molecular weight excluding hydrogens is 362 g/mol. The summed E-state index contributed by atoms with van der Waals surface area (Å²) in [7, 11) is 0. The molecule has 4 aromatic rings. The minimum atomic E-state index is -0.125. The number of nitrogens with one attached hydrogen (secondary N) is 1. The van der Waals surface area contributed by atoms with Crippen molar-refractivity contribution in [2.75, 3.05) is 5.32 Å². The number of anilines is 1. The lowest BCUT2D eigenvalue weighted by Gasteiger charge is -2.16. The lowest BCUT2D eigenvalue weighted by atomic mass is 10.1. The monoisotopic (exact) mass is 383 g/mol. The number of hydrogen-bond donors (Lipinski definition) is 1. The summed E-state index contributed by atoms with van der Waals surface area (Å²) in [6.45, 7) is 0.911. The third-order valence-corrected chi connectivity index (χ3v) is 5.29. The fourth-order valence-corrected chi connectivity index (χ4v) is 3.71. The number of amides is 1. The normalized spacial score (nSPS) is 13.1. The molecule has 6 heteroatoms. The number of para-hydroxylation sites is 1. The number of carbonyl (C=O) groups is 1. The molecule has 0 unspecified atom stereocenters. The first-order chi connectivity index (χ1) is 14.3. The maximum Gasteiger partial charge on any atom is 0.256 e. The molecule has 3 heterocycles. The zero-order chi connectivity index (χ0) is 19.6. The molecule has 0 aliphatic carbocycles. The average molecular weight is 383 g/mol. The molecule has 1 N–H and O–H groups in total. The molecular formula is C23H21N5O. The van der Waals surface area contributed by atoms with Crippen LogP contribution in [0.1, 0.15) is 29.0 Å². The number of imidazole rings is 2. The van der Waals surface area contributed by atoms with Crippen LogP contribution in [0, 0.1) is 0 Å². The molecule has 0 saturated carbocycles. The first-order valence-electron chi connectivity index (χ1n) is 9.83. The molecule has 0 saturated heterocycles. The average Bonchev–Trinajstić information content (AvgIpc) is 3.43. The number of aryl methyl sites for hydroxylation is 1. The van der Waals surface area contributed by atoms with E-state index in [-0.39, 0.29) is 5.91 Å². The van der Waals surface area contributed by atoms with Crippen molar-refractivity contribution in [2.45, 2.75) is 25.8 Å². The fraction of sp³-hybridized carbons (Fsp3) is 0.174. The first-order valence-corrected chi connectivity index (χ1v) is 9.83. The van der Waals surface area contributed by atoms with Gasteiger partial charge in [0.05, 0.1) is 18.2 Å². The van der Waals surface area contributed by atoms with Crippen LogP contribution in [0.2, 0.25) is 0 Å².